The Kier molecular flexibility index (Phi) is 10.9. The normalized spacial score (nSPS) is 9.95. The summed E-state index contributed by atoms with van der Waals surface area (Å²) in [6, 6.07) is 3.44. The van der Waals surface area contributed by atoms with E-state index in [1.807, 2.05) is 0 Å². The van der Waals surface area contributed by atoms with Crippen LogP contribution < -0.4 is 5.11 Å². The highest BCUT2D eigenvalue weighted by Gasteiger charge is 2.19. The minimum absolute atomic E-state index is 0. The monoisotopic (exact) mass is 363 g/mol. The number of carbonyl (C=O) groups excluding carboxylic acids is 1. The molecule has 1 aromatic heterocycles. The van der Waals surface area contributed by atoms with Gasteiger partial charge in [-0.15, -0.1) is 17.0 Å². The highest BCUT2D eigenvalue weighted by atomic mass is 79.9. The zero-order chi connectivity index (χ0) is 15.8. The molecule has 1 heterocycles. The first-order valence-corrected chi connectivity index (χ1v) is 6.60. The van der Waals surface area contributed by atoms with Gasteiger partial charge < -0.3 is 24.4 Å². The van der Waals surface area contributed by atoms with Crippen LogP contribution in [0.1, 0.15) is 19.5 Å². The van der Waals surface area contributed by atoms with Crippen molar-refractivity contribution in [1.29, 1.82) is 0 Å². The molecule has 1 amide bonds. The van der Waals surface area contributed by atoms with Crippen molar-refractivity contribution in [3.8, 4) is 5.75 Å². The maximum atomic E-state index is 9.59. The van der Waals surface area contributed by atoms with Crippen molar-refractivity contribution in [1.82, 2.24) is 9.88 Å². The van der Waals surface area contributed by atoms with Crippen LogP contribution in [0.3, 0.4) is 0 Å². The summed E-state index contributed by atoms with van der Waals surface area (Å²) in [6.45, 7) is 7.20. The summed E-state index contributed by atoms with van der Waals surface area (Å²) >= 11 is 0. The Bertz CT molecular complexity index is 424. The molecule has 1 aromatic rings. The fraction of sp³-hybridized carbons (Fsp3) is 0.571. The predicted molar refractivity (Wildman–Crippen MR) is 86.3 cm³/mol. The minimum Gasteiger partial charge on any atom is -0.530 e. The van der Waals surface area contributed by atoms with Crippen LogP contribution in [-0.2, 0) is 6.54 Å². The molecule has 21 heavy (non-hydrogen) atoms. The van der Waals surface area contributed by atoms with E-state index in [1.165, 1.54) is 14.1 Å². The number of rotatable bonds is 4. The van der Waals surface area contributed by atoms with E-state index in [2.05, 4.69) is 25.9 Å². The minimum atomic E-state index is -1.16. The van der Waals surface area contributed by atoms with Crippen LogP contribution in [0.15, 0.2) is 18.3 Å². The molecule has 0 spiro atoms. The summed E-state index contributed by atoms with van der Waals surface area (Å²) in [7, 11) is 5.00. The molecule has 0 atom stereocenters. The van der Waals surface area contributed by atoms with Gasteiger partial charge in [0.2, 0.25) is 0 Å². The summed E-state index contributed by atoms with van der Waals surface area (Å²) < 4.78 is 0.907. The molecule has 1 rings (SSSR count). The summed E-state index contributed by atoms with van der Waals surface area (Å²) in [6.07, 6.45) is 0.569. The van der Waals surface area contributed by atoms with E-state index >= 15 is 0 Å². The number of nitrogens with zero attached hydrogens (tertiary/aromatic N) is 3. The van der Waals surface area contributed by atoms with Crippen molar-refractivity contribution < 1.29 is 19.5 Å². The van der Waals surface area contributed by atoms with Gasteiger partial charge in [0.15, 0.2) is 0 Å². The van der Waals surface area contributed by atoms with Crippen LogP contribution in [0.4, 0.5) is 4.79 Å². The Morgan fingerprint density at radius 1 is 1.38 bits per heavy atom. The molecular formula is C14H26BrN3O3. The van der Waals surface area contributed by atoms with E-state index in [1.54, 1.807) is 18.3 Å². The van der Waals surface area contributed by atoms with Crippen LogP contribution >= 0.6 is 17.0 Å². The molecule has 0 fully saturated rings. The molecule has 0 saturated carbocycles. The fourth-order valence-corrected chi connectivity index (χ4v) is 1.36. The Morgan fingerprint density at radius 2 is 1.86 bits per heavy atom. The predicted octanol–water partition coefficient (Wildman–Crippen LogP) is 1.24. The Labute approximate surface area is 137 Å². The first kappa shape index (κ1) is 21.9. The number of pyridine rings is 1. The van der Waals surface area contributed by atoms with E-state index in [-0.39, 0.29) is 17.0 Å². The van der Waals surface area contributed by atoms with Gasteiger partial charge in [-0.1, -0.05) is 0 Å². The maximum Gasteiger partial charge on any atom is 0.142 e. The molecule has 6 nitrogen and oxygen atoms in total. The van der Waals surface area contributed by atoms with E-state index in [9.17, 15) is 15.0 Å². The van der Waals surface area contributed by atoms with E-state index in [0.717, 1.165) is 34.7 Å². The molecule has 0 aromatic carbocycles. The molecule has 122 valence electrons. The van der Waals surface area contributed by atoms with E-state index in [4.69, 9.17) is 0 Å². The van der Waals surface area contributed by atoms with Gasteiger partial charge in [0.05, 0.1) is 20.1 Å². The van der Waals surface area contributed by atoms with Crippen molar-refractivity contribution in [3.63, 3.8) is 0 Å². The standard InChI is InChI=1S/C11H18N2O.C3H7NO2.BrH/c1-4-13(3,5-2)9-10-11(14)7-6-8-12-10;1-4(2)3(5)6;/h6-8H,4-5,9H2,1-3H3;1-2H3,(H,5,6);1H. The maximum absolute atomic E-state index is 9.59. The van der Waals surface area contributed by atoms with Crippen molar-refractivity contribution in [2.45, 2.75) is 20.4 Å². The smallest absolute Gasteiger partial charge is 0.142 e. The number of halogens is 1. The van der Waals surface area contributed by atoms with Crippen molar-refractivity contribution >= 4 is 23.1 Å². The number of hydrogen-bond acceptors (Lipinski definition) is 4. The zero-order valence-electron chi connectivity index (χ0n) is 13.4. The first-order chi connectivity index (χ1) is 9.25. The summed E-state index contributed by atoms with van der Waals surface area (Å²) in [5.74, 6) is 0.304. The molecule has 0 aliphatic carbocycles. The SMILES string of the molecule is Br.CC[N+](C)(CC)Cc1ncccc1O.CN(C)C(=O)[O-]. The first-order valence-electron chi connectivity index (χ1n) is 6.60. The Morgan fingerprint density at radius 3 is 2.19 bits per heavy atom. The van der Waals surface area contributed by atoms with E-state index in [0.29, 0.717) is 5.75 Å². The lowest BCUT2D eigenvalue weighted by Crippen LogP contribution is -2.42. The quantitative estimate of drug-likeness (QED) is 0.816. The third-order valence-corrected chi connectivity index (χ3v) is 3.29. The second-order valence-corrected chi connectivity index (χ2v) is 5.04. The number of aromatic nitrogens is 1. The van der Waals surface area contributed by atoms with Crippen LogP contribution in [-0.4, -0.2) is 59.8 Å². The number of carboxylic acid groups (broad SMARTS) is 1. The third kappa shape index (κ3) is 8.52. The lowest BCUT2D eigenvalue weighted by molar-refractivity contribution is -0.919. The van der Waals surface area contributed by atoms with E-state index < -0.39 is 6.09 Å². The highest BCUT2D eigenvalue weighted by molar-refractivity contribution is 8.93. The average molecular weight is 364 g/mol. The number of amides is 1. The van der Waals surface area contributed by atoms with Crippen LogP contribution in [0.5, 0.6) is 5.75 Å². The Balaban J connectivity index is 0. The zero-order valence-corrected chi connectivity index (χ0v) is 15.1. The average Bonchev–Trinajstić information content (AvgIpc) is 2.42. The lowest BCUT2D eigenvalue weighted by Gasteiger charge is -2.31. The van der Waals surface area contributed by atoms with Gasteiger partial charge in [-0.3, -0.25) is 4.98 Å². The van der Waals surface area contributed by atoms with Gasteiger partial charge in [0.1, 0.15) is 24.1 Å². The highest BCUT2D eigenvalue weighted by Crippen LogP contribution is 2.17. The third-order valence-electron chi connectivity index (χ3n) is 3.29. The Hall–Kier alpha value is -1.34. The van der Waals surface area contributed by atoms with Crippen LogP contribution in [0.2, 0.25) is 0 Å². The number of aromatic hydroxyl groups is 1. The second kappa shape index (κ2) is 10.4. The molecule has 0 aliphatic rings. The number of hydrogen-bond donors (Lipinski definition) is 1. The molecule has 0 unspecified atom stereocenters. The summed E-state index contributed by atoms with van der Waals surface area (Å²) in [5, 5.41) is 19.1. The molecular weight excluding hydrogens is 338 g/mol. The van der Waals surface area contributed by atoms with Gasteiger partial charge in [-0.25, -0.2) is 0 Å². The second-order valence-electron chi connectivity index (χ2n) is 5.04. The molecule has 0 radical (unpaired) electrons. The van der Waals surface area contributed by atoms with Gasteiger partial charge in [0, 0.05) is 20.3 Å². The fourth-order valence-electron chi connectivity index (χ4n) is 1.36. The topological polar surface area (TPSA) is 76.5 Å². The molecule has 1 N–H and O–H groups in total. The largest absolute Gasteiger partial charge is 0.530 e. The van der Waals surface area contributed by atoms with Gasteiger partial charge in [-0.2, -0.15) is 0 Å². The van der Waals surface area contributed by atoms with Crippen LogP contribution in [0.25, 0.3) is 0 Å². The molecule has 7 heteroatoms. The molecule has 0 bridgehead atoms. The molecule has 0 aliphatic heterocycles. The van der Waals surface area contributed by atoms with Crippen molar-refractivity contribution in [2.75, 3.05) is 34.2 Å². The summed E-state index contributed by atoms with van der Waals surface area (Å²) in [5.41, 5.74) is 0.790. The number of quaternary nitrogens is 1. The summed E-state index contributed by atoms with van der Waals surface area (Å²) in [4.78, 5) is 14.7. The van der Waals surface area contributed by atoms with Gasteiger partial charge in [0.25, 0.3) is 0 Å². The van der Waals surface area contributed by atoms with Crippen LogP contribution in [0, 0.1) is 0 Å². The van der Waals surface area contributed by atoms with Gasteiger partial charge >= 0.3 is 0 Å². The van der Waals surface area contributed by atoms with Gasteiger partial charge in [-0.05, 0) is 26.0 Å². The molecule has 0 saturated heterocycles. The van der Waals surface area contributed by atoms with Crippen molar-refractivity contribution in [2.24, 2.45) is 0 Å². The van der Waals surface area contributed by atoms with Crippen molar-refractivity contribution in [3.05, 3.63) is 24.0 Å². The lowest BCUT2D eigenvalue weighted by atomic mass is 10.2. The number of carbonyl (C=O) groups is 1.